The van der Waals surface area contributed by atoms with E-state index in [1.54, 1.807) is 0 Å². The Morgan fingerprint density at radius 2 is 1.81 bits per heavy atom. The predicted octanol–water partition coefficient (Wildman–Crippen LogP) is 1.72. The maximum Gasteiger partial charge on any atom is 0.333 e. The van der Waals surface area contributed by atoms with Gasteiger partial charge in [0, 0.05) is 6.54 Å². The molecule has 0 saturated carbocycles. The molecule has 7 heteroatoms. The summed E-state index contributed by atoms with van der Waals surface area (Å²) in [4.78, 5) is 41.7. The van der Waals surface area contributed by atoms with Gasteiger partial charge in [-0.15, -0.1) is 0 Å². The highest BCUT2D eigenvalue weighted by Crippen LogP contribution is 2.09. The molecule has 0 saturated heterocycles. The number of hydrogen-bond donors (Lipinski definition) is 0. The summed E-state index contributed by atoms with van der Waals surface area (Å²) in [5, 5.41) is 0. The lowest BCUT2D eigenvalue weighted by Crippen LogP contribution is -2.41. The average Bonchev–Trinajstić information content (AvgIpc) is 3.00. The third-order valence-electron chi connectivity index (χ3n) is 4.29. The van der Waals surface area contributed by atoms with E-state index >= 15 is 0 Å². The molecule has 3 aromatic rings. The number of fused-ring (bicyclic) bond motifs is 1. The zero-order chi connectivity index (χ0) is 18.8. The van der Waals surface area contributed by atoms with Crippen molar-refractivity contribution in [3.05, 3.63) is 62.6 Å². The van der Waals surface area contributed by atoms with Crippen molar-refractivity contribution in [2.24, 2.45) is 0 Å². The maximum atomic E-state index is 13.0. The third-order valence-corrected chi connectivity index (χ3v) is 4.29. The SMILES string of the molecule is CCCn1c(=O)n(Cc2ccc(C)cc2)c(=O)c2c1ncn2CC(C)=O. The Hall–Kier alpha value is -2.96. The van der Waals surface area contributed by atoms with Gasteiger partial charge in [0.05, 0.1) is 19.4 Å². The van der Waals surface area contributed by atoms with Crippen molar-refractivity contribution < 1.29 is 4.79 Å². The van der Waals surface area contributed by atoms with Gasteiger partial charge in [-0.25, -0.2) is 9.78 Å². The number of carbonyl (C=O) groups is 1. The molecule has 2 heterocycles. The number of carbonyl (C=O) groups excluding carboxylic acids is 1. The van der Waals surface area contributed by atoms with E-state index in [0.717, 1.165) is 17.5 Å². The van der Waals surface area contributed by atoms with E-state index in [9.17, 15) is 14.4 Å². The first-order chi connectivity index (χ1) is 12.4. The number of nitrogens with zero attached hydrogens (tertiary/aromatic N) is 4. The minimum absolute atomic E-state index is 0.0562. The molecular formula is C19H22N4O3. The lowest BCUT2D eigenvalue weighted by Gasteiger charge is -2.12. The van der Waals surface area contributed by atoms with Gasteiger partial charge in [-0.3, -0.25) is 18.7 Å². The predicted molar refractivity (Wildman–Crippen MR) is 99.5 cm³/mol. The number of Topliss-reactive ketones (excluding diaryl/α,β-unsaturated/α-hetero) is 1. The monoisotopic (exact) mass is 354 g/mol. The van der Waals surface area contributed by atoms with E-state index in [1.807, 2.05) is 38.1 Å². The van der Waals surface area contributed by atoms with Crippen LogP contribution in [-0.2, 0) is 24.4 Å². The molecule has 0 spiro atoms. The van der Waals surface area contributed by atoms with Crippen LogP contribution < -0.4 is 11.2 Å². The van der Waals surface area contributed by atoms with Crippen molar-refractivity contribution >= 4 is 16.9 Å². The lowest BCUT2D eigenvalue weighted by molar-refractivity contribution is -0.117. The first-order valence-corrected chi connectivity index (χ1v) is 8.65. The summed E-state index contributed by atoms with van der Waals surface area (Å²) >= 11 is 0. The van der Waals surface area contributed by atoms with Gasteiger partial charge < -0.3 is 4.57 Å². The van der Waals surface area contributed by atoms with Crippen LogP contribution in [0.25, 0.3) is 11.2 Å². The van der Waals surface area contributed by atoms with Gasteiger partial charge >= 0.3 is 5.69 Å². The highest BCUT2D eigenvalue weighted by Gasteiger charge is 2.18. The van der Waals surface area contributed by atoms with Gasteiger partial charge in [0.25, 0.3) is 5.56 Å². The molecule has 1 aromatic carbocycles. The summed E-state index contributed by atoms with van der Waals surface area (Å²) < 4.78 is 4.26. The van der Waals surface area contributed by atoms with Crippen LogP contribution in [0.5, 0.6) is 0 Å². The zero-order valence-corrected chi connectivity index (χ0v) is 15.2. The molecule has 0 unspecified atom stereocenters. The van der Waals surface area contributed by atoms with Crippen LogP contribution in [0.4, 0.5) is 0 Å². The average molecular weight is 354 g/mol. The summed E-state index contributed by atoms with van der Waals surface area (Å²) in [6.07, 6.45) is 2.19. The van der Waals surface area contributed by atoms with Gasteiger partial charge in [0.1, 0.15) is 5.78 Å². The molecule has 26 heavy (non-hydrogen) atoms. The Morgan fingerprint density at radius 1 is 1.12 bits per heavy atom. The standard InChI is InChI=1S/C19H22N4O3/c1-4-9-22-17-16(21(12-20-17)10-14(3)24)18(25)23(19(22)26)11-15-7-5-13(2)6-8-15/h5-8,12H,4,9-11H2,1-3H3. The molecule has 0 radical (unpaired) electrons. The largest absolute Gasteiger partial charge is 0.333 e. The number of rotatable bonds is 6. The van der Waals surface area contributed by atoms with Crippen LogP contribution in [0.3, 0.4) is 0 Å². The van der Waals surface area contributed by atoms with Gasteiger partial charge in [-0.1, -0.05) is 36.8 Å². The smallest absolute Gasteiger partial charge is 0.317 e. The van der Waals surface area contributed by atoms with E-state index in [4.69, 9.17) is 0 Å². The van der Waals surface area contributed by atoms with Crippen LogP contribution in [0.15, 0.2) is 40.2 Å². The van der Waals surface area contributed by atoms with Crippen molar-refractivity contribution in [2.75, 3.05) is 0 Å². The second-order valence-corrected chi connectivity index (χ2v) is 6.56. The van der Waals surface area contributed by atoms with Gasteiger partial charge in [-0.05, 0) is 25.8 Å². The molecule has 0 aliphatic rings. The maximum absolute atomic E-state index is 13.0. The van der Waals surface area contributed by atoms with Crippen LogP contribution in [0.1, 0.15) is 31.4 Å². The number of aryl methyl sites for hydroxylation is 2. The molecule has 0 atom stereocenters. The fourth-order valence-corrected chi connectivity index (χ4v) is 3.04. The summed E-state index contributed by atoms with van der Waals surface area (Å²) in [6.45, 7) is 6.10. The molecule has 3 rings (SSSR count). The minimum atomic E-state index is -0.420. The fraction of sp³-hybridized carbons (Fsp3) is 0.368. The number of aromatic nitrogens is 4. The molecule has 0 fully saturated rings. The van der Waals surface area contributed by atoms with Crippen molar-refractivity contribution in [1.29, 1.82) is 0 Å². The molecule has 136 valence electrons. The molecule has 0 aliphatic carbocycles. The molecule has 0 amide bonds. The molecule has 0 aliphatic heterocycles. The fourth-order valence-electron chi connectivity index (χ4n) is 3.04. The van der Waals surface area contributed by atoms with E-state index < -0.39 is 5.56 Å². The quantitative estimate of drug-likeness (QED) is 0.675. The molecule has 0 bridgehead atoms. The topological polar surface area (TPSA) is 78.9 Å². The van der Waals surface area contributed by atoms with Crippen LogP contribution in [-0.4, -0.2) is 24.5 Å². The second kappa shape index (κ2) is 7.11. The van der Waals surface area contributed by atoms with Crippen molar-refractivity contribution in [2.45, 2.75) is 46.8 Å². The Kier molecular flexibility index (Phi) is 4.88. The third kappa shape index (κ3) is 3.24. The number of imidazole rings is 1. The lowest BCUT2D eigenvalue weighted by atomic mass is 10.1. The van der Waals surface area contributed by atoms with Crippen molar-refractivity contribution in [1.82, 2.24) is 18.7 Å². The van der Waals surface area contributed by atoms with Crippen LogP contribution in [0, 0.1) is 6.92 Å². The Morgan fingerprint density at radius 3 is 2.42 bits per heavy atom. The minimum Gasteiger partial charge on any atom is -0.317 e. The van der Waals surface area contributed by atoms with E-state index in [2.05, 4.69) is 4.98 Å². The Labute approximate surface area is 150 Å². The number of benzene rings is 1. The molecule has 7 nitrogen and oxygen atoms in total. The Bertz CT molecular complexity index is 1070. The second-order valence-electron chi connectivity index (χ2n) is 6.56. The van der Waals surface area contributed by atoms with Gasteiger partial charge in [-0.2, -0.15) is 0 Å². The highest BCUT2D eigenvalue weighted by molar-refractivity contribution is 5.78. The highest BCUT2D eigenvalue weighted by atomic mass is 16.2. The van der Waals surface area contributed by atoms with Gasteiger partial charge in [0.15, 0.2) is 11.2 Å². The molecule has 2 aromatic heterocycles. The van der Waals surface area contributed by atoms with Crippen molar-refractivity contribution in [3.63, 3.8) is 0 Å². The summed E-state index contributed by atoms with van der Waals surface area (Å²) in [7, 11) is 0. The molecular weight excluding hydrogens is 332 g/mol. The molecule has 0 N–H and O–H groups in total. The van der Waals surface area contributed by atoms with E-state index in [1.165, 1.54) is 27.0 Å². The number of ketones is 1. The van der Waals surface area contributed by atoms with Crippen molar-refractivity contribution in [3.8, 4) is 0 Å². The normalized spacial score (nSPS) is 11.2. The van der Waals surface area contributed by atoms with E-state index in [-0.39, 0.29) is 24.6 Å². The van der Waals surface area contributed by atoms with Crippen LogP contribution >= 0.6 is 0 Å². The summed E-state index contributed by atoms with van der Waals surface area (Å²) in [5.41, 5.74) is 1.81. The first kappa shape index (κ1) is 17.8. The van der Waals surface area contributed by atoms with E-state index in [0.29, 0.717) is 17.7 Å². The number of hydrogen-bond acceptors (Lipinski definition) is 4. The summed E-state index contributed by atoms with van der Waals surface area (Å²) in [5.74, 6) is -0.0815. The first-order valence-electron chi connectivity index (χ1n) is 8.65. The summed E-state index contributed by atoms with van der Waals surface area (Å²) in [6, 6.07) is 7.71. The van der Waals surface area contributed by atoms with Crippen LogP contribution in [0.2, 0.25) is 0 Å². The Balaban J connectivity index is 2.23. The van der Waals surface area contributed by atoms with Gasteiger partial charge in [0.2, 0.25) is 0 Å². The zero-order valence-electron chi connectivity index (χ0n) is 15.2.